The molecule has 1 aliphatic carbocycles. The van der Waals surface area contributed by atoms with E-state index in [9.17, 15) is 0 Å². The van der Waals surface area contributed by atoms with E-state index in [4.69, 9.17) is 0 Å². The fourth-order valence-corrected chi connectivity index (χ4v) is 2.25. The highest BCUT2D eigenvalue weighted by Crippen LogP contribution is 2.31. The molecule has 0 aliphatic heterocycles. The summed E-state index contributed by atoms with van der Waals surface area (Å²) in [6, 6.07) is 3.51. The van der Waals surface area contributed by atoms with Gasteiger partial charge >= 0.3 is 0 Å². The predicted octanol–water partition coefficient (Wildman–Crippen LogP) is 2.81. The second-order valence-electron chi connectivity index (χ2n) is 3.76. The monoisotopic (exact) mass is 181 g/mol. The van der Waals surface area contributed by atoms with Gasteiger partial charge in [0.05, 0.1) is 0 Å². The van der Waals surface area contributed by atoms with Crippen LogP contribution >= 0.6 is 11.3 Å². The molecule has 3 unspecified atom stereocenters. The van der Waals surface area contributed by atoms with Gasteiger partial charge in [-0.25, -0.2) is 0 Å². The molecule has 0 amide bonds. The van der Waals surface area contributed by atoms with Crippen molar-refractivity contribution in [1.29, 1.82) is 0 Å². The van der Waals surface area contributed by atoms with Crippen LogP contribution in [0.15, 0.2) is 16.8 Å². The van der Waals surface area contributed by atoms with Gasteiger partial charge in [-0.05, 0) is 41.7 Å². The van der Waals surface area contributed by atoms with Gasteiger partial charge in [0.15, 0.2) is 0 Å². The molecule has 0 spiro atoms. The van der Waals surface area contributed by atoms with Crippen molar-refractivity contribution in [3.05, 3.63) is 22.4 Å². The molecule has 1 N–H and O–H groups in total. The van der Waals surface area contributed by atoms with E-state index in [1.807, 2.05) is 0 Å². The van der Waals surface area contributed by atoms with Crippen molar-refractivity contribution in [2.75, 3.05) is 0 Å². The van der Waals surface area contributed by atoms with Gasteiger partial charge in [-0.1, -0.05) is 6.92 Å². The zero-order valence-electron chi connectivity index (χ0n) is 7.58. The summed E-state index contributed by atoms with van der Waals surface area (Å²) in [7, 11) is 0. The van der Waals surface area contributed by atoms with Crippen molar-refractivity contribution in [2.24, 2.45) is 5.92 Å². The van der Waals surface area contributed by atoms with Crippen LogP contribution in [0.1, 0.15) is 31.9 Å². The molecule has 66 valence electrons. The molecule has 0 bridgehead atoms. The Morgan fingerprint density at radius 3 is 2.92 bits per heavy atom. The summed E-state index contributed by atoms with van der Waals surface area (Å²) in [5.74, 6) is 0.895. The minimum absolute atomic E-state index is 0.534. The number of hydrogen-bond donors (Lipinski definition) is 1. The average Bonchev–Trinajstić information content (AvgIpc) is 2.58. The first-order valence-electron chi connectivity index (χ1n) is 4.55. The lowest BCUT2D eigenvalue weighted by Crippen LogP contribution is -2.21. The van der Waals surface area contributed by atoms with Crippen molar-refractivity contribution in [1.82, 2.24) is 5.32 Å². The van der Waals surface area contributed by atoms with Crippen LogP contribution < -0.4 is 5.32 Å². The third-order valence-corrected chi connectivity index (χ3v) is 3.32. The Morgan fingerprint density at radius 1 is 1.67 bits per heavy atom. The molecule has 3 atom stereocenters. The van der Waals surface area contributed by atoms with E-state index in [2.05, 4.69) is 36.0 Å². The summed E-state index contributed by atoms with van der Waals surface area (Å²) in [4.78, 5) is 0. The van der Waals surface area contributed by atoms with E-state index in [0.717, 1.165) is 12.0 Å². The average molecular weight is 181 g/mol. The summed E-state index contributed by atoms with van der Waals surface area (Å²) in [6.07, 6.45) is 1.36. The number of nitrogens with one attached hydrogen (secondary N) is 1. The minimum atomic E-state index is 0.534. The quantitative estimate of drug-likeness (QED) is 0.756. The molecule has 0 radical (unpaired) electrons. The van der Waals surface area contributed by atoms with E-state index >= 15 is 0 Å². The maximum Gasteiger partial charge on any atom is 0.0302 e. The first-order chi connectivity index (χ1) is 5.77. The van der Waals surface area contributed by atoms with Gasteiger partial charge in [-0.15, -0.1) is 0 Å². The van der Waals surface area contributed by atoms with Gasteiger partial charge in [0, 0.05) is 12.1 Å². The zero-order chi connectivity index (χ0) is 8.55. The van der Waals surface area contributed by atoms with Crippen LogP contribution in [0.4, 0.5) is 0 Å². The predicted molar refractivity (Wildman–Crippen MR) is 53.4 cm³/mol. The summed E-state index contributed by atoms with van der Waals surface area (Å²) in [5.41, 5.74) is 1.43. The van der Waals surface area contributed by atoms with Gasteiger partial charge in [0.1, 0.15) is 0 Å². The van der Waals surface area contributed by atoms with Crippen LogP contribution in [-0.2, 0) is 0 Å². The van der Waals surface area contributed by atoms with E-state index in [-0.39, 0.29) is 0 Å². The van der Waals surface area contributed by atoms with Crippen LogP contribution in [0.3, 0.4) is 0 Å². The van der Waals surface area contributed by atoms with E-state index in [1.165, 1.54) is 12.0 Å². The molecular formula is C10H15NS. The van der Waals surface area contributed by atoms with E-state index in [1.54, 1.807) is 11.3 Å². The highest BCUT2D eigenvalue weighted by molar-refractivity contribution is 7.07. The fourth-order valence-electron chi connectivity index (χ4n) is 1.49. The normalized spacial score (nSPS) is 30.2. The van der Waals surface area contributed by atoms with Crippen molar-refractivity contribution in [2.45, 2.75) is 32.4 Å². The lowest BCUT2D eigenvalue weighted by Gasteiger charge is -2.11. The molecule has 12 heavy (non-hydrogen) atoms. The van der Waals surface area contributed by atoms with Gasteiger partial charge in [0.2, 0.25) is 0 Å². The van der Waals surface area contributed by atoms with Crippen LogP contribution in [0, 0.1) is 5.92 Å². The Bertz CT molecular complexity index is 242. The second kappa shape index (κ2) is 3.19. The highest BCUT2D eigenvalue weighted by atomic mass is 32.1. The van der Waals surface area contributed by atoms with Gasteiger partial charge in [-0.2, -0.15) is 11.3 Å². The Kier molecular flexibility index (Phi) is 2.20. The summed E-state index contributed by atoms with van der Waals surface area (Å²) in [6.45, 7) is 4.55. The van der Waals surface area contributed by atoms with Crippen molar-refractivity contribution >= 4 is 11.3 Å². The molecule has 1 saturated carbocycles. The lowest BCUT2D eigenvalue weighted by atomic mass is 10.2. The van der Waals surface area contributed by atoms with Crippen LogP contribution in [0.5, 0.6) is 0 Å². The smallest absolute Gasteiger partial charge is 0.0302 e. The van der Waals surface area contributed by atoms with Crippen molar-refractivity contribution in [3.8, 4) is 0 Å². The van der Waals surface area contributed by atoms with Gasteiger partial charge in [-0.3, -0.25) is 0 Å². The molecule has 1 aliphatic rings. The number of thiophene rings is 1. The first-order valence-corrected chi connectivity index (χ1v) is 5.50. The molecule has 1 aromatic rings. The largest absolute Gasteiger partial charge is 0.307 e. The molecule has 2 heteroatoms. The molecule has 1 heterocycles. The Hall–Kier alpha value is -0.340. The van der Waals surface area contributed by atoms with Crippen LogP contribution in [-0.4, -0.2) is 6.04 Å². The second-order valence-corrected chi connectivity index (χ2v) is 4.54. The molecule has 1 fully saturated rings. The summed E-state index contributed by atoms with van der Waals surface area (Å²) >= 11 is 1.78. The number of rotatable bonds is 3. The molecule has 0 aromatic carbocycles. The SMILES string of the molecule is CC(NC1CC1C)c1ccsc1. The van der Waals surface area contributed by atoms with E-state index < -0.39 is 0 Å². The van der Waals surface area contributed by atoms with Crippen LogP contribution in [0.2, 0.25) is 0 Å². The van der Waals surface area contributed by atoms with Crippen LogP contribution in [0.25, 0.3) is 0 Å². The third-order valence-electron chi connectivity index (χ3n) is 2.62. The van der Waals surface area contributed by atoms with Gasteiger partial charge in [0.25, 0.3) is 0 Å². The van der Waals surface area contributed by atoms with Crippen molar-refractivity contribution in [3.63, 3.8) is 0 Å². The summed E-state index contributed by atoms with van der Waals surface area (Å²) < 4.78 is 0. The maximum atomic E-state index is 3.61. The highest BCUT2D eigenvalue weighted by Gasteiger charge is 2.33. The fraction of sp³-hybridized carbons (Fsp3) is 0.600. The molecule has 0 saturated heterocycles. The lowest BCUT2D eigenvalue weighted by molar-refractivity contribution is 0.553. The Morgan fingerprint density at radius 2 is 2.42 bits per heavy atom. The molecular weight excluding hydrogens is 166 g/mol. The molecule has 2 rings (SSSR count). The Balaban J connectivity index is 1.89. The topological polar surface area (TPSA) is 12.0 Å². The van der Waals surface area contributed by atoms with Crippen molar-refractivity contribution < 1.29 is 0 Å². The van der Waals surface area contributed by atoms with Gasteiger partial charge < -0.3 is 5.32 Å². The Labute approximate surface area is 77.8 Å². The zero-order valence-corrected chi connectivity index (χ0v) is 8.40. The molecule has 1 aromatic heterocycles. The minimum Gasteiger partial charge on any atom is -0.307 e. The standard InChI is InChI=1S/C10H15NS/c1-7-5-10(7)11-8(2)9-3-4-12-6-9/h3-4,6-8,10-11H,5H2,1-2H3. The maximum absolute atomic E-state index is 3.61. The first kappa shape index (κ1) is 8.27. The molecule has 1 nitrogen and oxygen atoms in total. The third kappa shape index (κ3) is 1.70. The van der Waals surface area contributed by atoms with E-state index in [0.29, 0.717) is 6.04 Å². The number of hydrogen-bond acceptors (Lipinski definition) is 2. The summed E-state index contributed by atoms with van der Waals surface area (Å²) in [5, 5.41) is 7.98.